The Morgan fingerprint density at radius 2 is 2.26 bits per heavy atom. The zero-order valence-electron chi connectivity index (χ0n) is 10.5. The van der Waals surface area contributed by atoms with Crippen LogP contribution in [0.4, 0.5) is 5.95 Å². The minimum absolute atomic E-state index is 0.109. The Balaban J connectivity index is 2.09. The largest absolute Gasteiger partial charge is 0.396 e. The molecular weight excluding hydrogens is 268 g/mol. The lowest BCUT2D eigenvalue weighted by Gasteiger charge is -2.11. The first-order valence-corrected chi connectivity index (χ1v) is 6.33. The van der Waals surface area contributed by atoms with Crippen molar-refractivity contribution >= 4 is 17.5 Å². The third-order valence-electron chi connectivity index (χ3n) is 2.54. The molecule has 19 heavy (non-hydrogen) atoms. The van der Waals surface area contributed by atoms with Gasteiger partial charge in [0.25, 0.3) is 5.95 Å². The van der Waals surface area contributed by atoms with Gasteiger partial charge in [0, 0.05) is 25.5 Å². The highest BCUT2D eigenvalue weighted by Gasteiger charge is 2.08. The first-order valence-electron chi connectivity index (χ1n) is 5.95. The van der Waals surface area contributed by atoms with E-state index in [1.54, 1.807) is 18.5 Å². The molecule has 0 amide bonds. The fourth-order valence-corrected chi connectivity index (χ4v) is 1.65. The molecule has 0 aliphatic rings. The highest BCUT2D eigenvalue weighted by molar-refractivity contribution is 6.28. The summed E-state index contributed by atoms with van der Waals surface area (Å²) in [5.41, 5.74) is 0. The SMILES string of the molecule is CC(CCO)CNc1nc(Cl)nc(-n2cccn2)n1. The number of aliphatic hydroxyl groups excluding tert-OH is 1. The number of aliphatic hydroxyl groups is 1. The minimum Gasteiger partial charge on any atom is -0.396 e. The number of halogens is 1. The van der Waals surface area contributed by atoms with E-state index in [9.17, 15) is 0 Å². The molecule has 0 saturated heterocycles. The molecule has 2 aromatic rings. The smallest absolute Gasteiger partial charge is 0.256 e. The molecule has 1 unspecified atom stereocenters. The van der Waals surface area contributed by atoms with Crippen LogP contribution in [-0.4, -0.2) is 43.0 Å². The van der Waals surface area contributed by atoms with Gasteiger partial charge in [-0.15, -0.1) is 0 Å². The first kappa shape index (κ1) is 13.7. The van der Waals surface area contributed by atoms with Gasteiger partial charge in [-0.2, -0.15) is 20.1 Å². The molecule has 0 aliphatic heterocycles. The number of nitrogens with zero attached hydrogens (tertiary/aromatic N) is 5. The number of aromatic nitrogens is 5. The molecule has 7 nitrogen and oxygen atoms in total. The van der Waals surface area contributed by atoms with Crippen LogP contribution in [0.25, 0.3) is 5.95 Å². The number of hydrogen-bond acceptors (Lipinski definition) is 6. The second kappa shape index (κ2) is 6.44. The Labute approximate surface area is 115 Å². The summed E-state index contributed by atoms with van der Waals surface area (Å²) in [5.74, 6) is 1.08. The average molecular weight is 283 g/mol. The Hall–Kier alpha value is -1.73. The van der Waals surface area contributed by atoms with E-state index in [1.165, 1.54) is 4.68 Å². The molecule has 2 rings (SSSR count). The maximum absolute atomic E-state index is 8.85. The second-order valence-electron chi connectivity index (χ2n) is 4.18. The van der Waals surface area contributed by atoms with Crippen LogP contribution in [0.3, 0.4) is 0 Å². The molecule has 0 aromatic carbocycles. The highest BCUT2D eigenvalue weighted by atomic mass is 35.5. The summed E-state index contributed by atoms with van der Waals surface area (Å²) in [6.07, 6.45) is 4.08. The maximum Gasteiger partial charge on any atom is 0.256 e. The Morgan fingerprint density at radius 3 is 2.95 bits per heavy atom. The fraction of sp³-hybridized carbons (Fsp3) is 0.455. The molecule has 8 heteroatoms. The lowest BCUT2D eigenvalue weighted by Crippen LogP contribution is -2.16. The van der Waals surface area contributed by atoms with E-state index >= 15 is 0 Å². The van der Waals surface area contributed by atoms with Gasteiger partial charge in [0.1, 0.15) is 0 Å². The van der Waals surface area contributed by atoms with Crippen molar-refractivity contribution in [3.63, 3.8) is 0 Å². The van der Waals surface area contributed by atoms with Gasteiger partial charge in [-0.1, -0.05) is 6.92 Å². The van der Waals surface area contributed by atoms with E-state index in [1.807, 2.05) is 6.92 Å². The van der Waals surface area contributed by atoms with Crippen LogP contribution >= 0.6 is 11.6 Å². The minimum atomic E-state index is 0.109. The first-order chi connectivity index (χ1) is 9.19. The second-order valence-corrected chi connectivity index (χ2v) is 4.52. The molecule has 0 saturated carbocycles. The molecule has 0 spiro atoms. The molecule has 0 fully saturated rings. The van der Waals surface area contributed by atoms with Crippen LogP contribution in [0.1, 0.15) is 13.3 Å². The van der Waals surface area contributed by atoms with E-state index in [2.05, 4.69) is 25.4 Å². The molecule has 1 atom stereocenters. The number of hydrogen-bond donors (Lipinski definition) is 2. The van der Waals surface area contributed by atoms with Crippen LogP contribution < -0.4 is 5.32 Å². The van der Waals surface area contributed by atoms with Crippen LogP contribution in [0.5, 0.6) is 0 Å². The van der Waals surface area contributed by atoms with Crippen molar-refractivity contribution < 1.29 is 5.11 Å². The molecule has 2 heterocycles. The third-order valence-corrected chi connectivity index (χ3v) is 2.71. The van der Waals surface area contributed by atoms with Crippen molar-refractivity contribution in [3.8, 4) is 5.95 Å². The topological polar surface area (TPSA) is 88.8 Å². The lowest BCUT2D eigenvalue weighted by atomic mass is 10.1. The predicted molar refractivity (Wildman–Crippen MR) is 71.3 cm³/mol. The highest BCUT2D eigenvalue weighted by Crippen LogP contribution is 2.10. The standard InChI is InChI=1S/C11H15ClN6O/c1-8(3-6-19)7-13-10-15-9(12)16-11(17-10)18-5-2-4-14-18/h2,4-5,8,19H,3,6-7H2,1H3,(H,13,15,16,17). The summed E-state index contributed by atoms with van der Waals surface area (Å²) in [5, 5.41) is 16.1. The Bertz CT molecular complexity index is 518. The molecule has 0 bridgehead atoms. The van der Waals surface area contributed by atoms with Crippen LogP contribution in [0.2, 0.25) is 5.28 Å². The summed E-state index contributed by atoms with van der Waals surface area (Å²) in [6.45, 7) is 2.85. The summed E-state index contributed by atoms with van der Waals surface area (Å²) in [4.78, 5) is 12.2. The molecular formula is C11H15ClN6O. The van der Waals surface area contributed by atoms with E-state index in [0.29, 0.717) is 24.4 Å². The van der Waals surface area contributed by atoms with Gasteiger partial charge in [-0.3, -0.25) is 0 Å². The summed E-state index contributed by atoms with van der Waals surface area (Å²) >= 11 is 5.86. The van der Waals surface area contributed by atoms with Crippen molar-refractivity contribution in [1.82, 2.24) is 24.7 Å². The van der Waals surface area contributed by atoms with Gasteiger partial charge >= 0.3 is 0 Å². The molecule has 2 aromatic heterocycles. The van der Waals surface area contributed by atoms with Gasteiger partial charge in [0.2, 0.25) is 11.2 Å². The molecule has 0 radical (unpaired) electrons. The number of rotatable bonds is 6. The molecule has 2 N–H and O–H groups in total. The van der Waals surface area contributed by atoms with E-state index in [4.69, 9.17) is 16.7 Å². The molecule has 102 valence electrons. The van der Waals surface area contributed by atoms with Gasteiger partial charge in [-0.05, 0) is 30.0 Å². The monoisotopic (exact) mass is 282 g/mol. The summed E-state index contributed by atoms with van der Waals surface area (Å²) in [6, 6.07) is 1.77. The van der Waals surface area contributed by atoms with Crippen LogP contribution in [-0.2, 0) is 0 Å². The molecule has 0 aliphatic carbocycles. The van der Waals surface area contributed by atoms with Gasteiger partial charge in [0.05, 0.1) is 0 Å². The van der Waals surface area contributed by atoms with E-state index in [-0.39, 0.29) is 11.9 Å². The zero-order chi connectivity index (χ0) is 13.7. The summed E-state index contributed by atoms with van der Waals surface area (Å²) in [7, 11) is 0. The quantitative estimate of drug-likeness (QED) is 0.826. The van der Waals surface area contributed by atoms with E-state index < -0.39 is 0 Å². The predicted octanol–water partition coefficient (Wildman–Crippen LogP) is 1.14. The zero-order valence-corrected chi connectivity index (χ0v) is 11.2. The summed E-state index contributed by atoms with van der Waals surface area (Å²) < 4.78 is 1.51. The van der Waals surface area contributed by atoms with Crippen LogP contribution in [0.15, 0.2) is 18.5 Å². The Morgan fingerprint density at radius 1 is 1.42 bits per heavy atom. The van der Waals surface area contributed by atoms with Gasteiger partial charge in [0.15, 0.2) is 0 Å². The van der Waals surface area contributed by atoms with Crippen LogP contribution in [0, 0.1) is 5.92 Å². The fourth-order valence-electron chi connectivity index (χ4n) is 1.50. The van der Waals surface area contributed by atoms with Crippen molar-refractivity contribution in [2.75, 3.05) is 18.5 Å². The van der Waals surface area contributed by atoms with Gasteiger partial charge < -0.3 is 10.4 Å². The van der Waals surface area contributed by atoms with Crippen molar-refractivity contribution in [2.45, 2.75) is 13.3 Å². The maximum atomic E-state index is 8.85. The lowest BCUT2D eigenvalue weighted by molar-refractivity contribution is 0.265. The normalized spacial score (nSPS) is 12.4. The van der Waals surface area contributed by atoms with Crippen molar-refractivity contribution in [3.05, 3.63) is 23.7 Å². The van der Waals surface area contributed by atoms with Crippen molar-refractivity contribution in [2.24, 2.45) is 5.92 Å². The average Bonchev–Trinajstić information content (AvgIpc) is 2.90. The van der Waals surface area contributed by atoms with E-state index in [0.717, 1.165) is 6.42 Å². The number of anilines is 1. The third kappa shape index (κ3) is 3.87. The Kier molecular flexibility index (Phi) is 4.64. The van der Waals surface area contributed by atoms with Gasteiger partial charge in [-0.25, -0.2) is 4.68 Å². The number of nitrogens with one attached hydrogen (secondary N) is 1. The van der Waals surface area contributed by atoms with Crippen molar-refractivity contribution in [1.29, 1.82) is 0 Å².